The summed E-state index contributed by atoms with van der Waals surface area (Å²) in [6.07, 6.45) is 6.30. The second kappa shape index (κ2) is 8.51. The number of hydrogen-bond acceptors (Lipinski definition) is 8. The van der Waals surface area contributed by atoms with Gasteiger partial charge >= 0.3 is 0 Å². The molecule has 1 saturated carbocycles. The highest BCUT2D eigenvalue weighted by Gasteiger charge is 2.55. The van der Waals surface area contributed by atoms with E-state index in [1.54, 1.807) is 6.20 Å². The minimum absolute atomic E-state index is 0.142. The first kappa shape index (κ1) is 23.8. The summed E-state index contributed by atoms with van der Waals surface area (Å²) in [5.41, 5.74) is 5.77. The molecule has 1 saturated heterocycles. The maximum absolute atomic E-state index is 11.8. The van der Waals surface area contributed by atoms with Crippen molar-refractivity contribution in [3.8, 4) is 17.0 Å². The Morgan fingerprint density at radius 3 is 2.59 bits per heavy atom. The highest BCUT2D eigenvalue weighted by atomic mass is 32.2. The standard InChI is InChI=1S/C27H30N6O3S/c1-16-12-29-30-17(2)25(16)18(3)36-20-6-7-23-22(9-20)26(32-31-23)19-5-8-24(28-13-19)33-14-27(15-33)10-21(11-27)37(4,34)35/h5-9,12-13,18,21H,10-11,14-15H2,1-4H3,(H,31,32)/t18-/m0/s1. The lowest BCUT2D eigenvalue weighted by Crippen LogP contribution is -2.65. The molecule has 9 nitrogen and oxygen atoms in total. The summed E-state index contributed by atoms with van der Waals surface area (Å²) in [5, 5.41) is 16.6. The van der Waals surface area contributed by atoms with Gasteiger partial charge in [0.1, 0.15) is 33.2 Å². The van der Waals surface area contributed by atoms with E-state index in [4.69, 9.17) is 9.72 Å². The molecule has 3 aromatic heterocycles. The molecule has 2 aliphatic rings. The molecule has 10 heteroatoms. The number of nitrogens with one attached hydrogen (secondary N) is 1. The lowest BCUT2D eigenvalue weighted by molar-refractivity contribution is 0.0937. The third kappa shape index (κ3) is 4.22. The van der Waals surface area contributed by atoms with Gasteiger partial charge in [0, 0.05) is 47.5 Å². The Morgan fingerprint density at radius 2 is 1.92 bits per heavy atom. The third-order valence-corrected chi connectivity index (χ3v) is 9.40. The maximum Gasteiger partial charge on any atom is 0.150 e. The first-order valence-electron chi connectivity index (χ1n) is 12.5. The fourth-order valence-corrected chi connectivity index (χ4v) is 7.19. The number of aromatic amines is 1. The molecule has 0 radical (unpaired) electrons. The van der Waals surface area contributed by atoms with Crippen LogP contribution in [0.1, 0.15) is 42.7 Å². The average molecular weight is 519 g/mol. The normalized spacial score (nSPS) is 18.0. The molecule has 1 aromatic carbocycles. The predicted octanol–water partition coefficient (Wildman–Crippen LogP) is 4.19. The first-order valence-corrected chi connectivity index (χ1v) is 14.4. The Balaban J connectivity index is 1.18. The first-order chi connectivity index (χ1) is 17.6. The minimum atomic E-state index is -2.93. The molecule has 1 N–H and O–H groups in total. The van der Waals surface area contributed by atoms with E-state index in [9.17, 15) is 8.42 Å². The zero-order chi connectivity index (χ0) is 25.9. The van der Waals surface area contributed by atoms with Crippen molar-refractivity contribution in [1.82, 2.24) is 25.4 Å². The summed E-state index contributed by atoms with van der Waals surface area (Å²) in [6, 6.07) is 9.97. The number of anilines is 1. The molecule has 0 amide bonds. The number of rotatable bonds is 6. The van der Waals surface area contributed by atoms with Crippen molar-refractivity contribution in [3.05, 3.63) is 59.5 Å². The van der Waals surface area contributed by atoms with Gasteiger partial charge in [0.25, 0.3) is 0 Å². The van der Waals surface area contributed by atoms with Crippen LogP contribution in [-0.4, -0.2) is 58.4 Å². The molecule has 0 bridgehead atoms. The van der Waals surface area contributed by atoms with Crippen molar-refractivity contribution in [3.63, 3.8) is 0 Å². The Labute approximate surface area is 216 Å². The van der Waals surface area contributed by atoms with Crippen LogP contribution in [0.5, 0.6) is 5.75 Å². The molecule has 37 heavy (non-hydrogen) atoms. The Kier molecular flexibility index (Phi) is 5.48. The van der Waals surface area contributed by atoms with E-state index in [1.165, 1.54) is 6.26 Å². The second-order valence-corrected chi connectivity index (χ2v) is 13.0. The minimum Gasteiger partial charge on any atom is -0.486 e. The molecule has 2 fully saturated rings. The zero-order valence-electron chi connectivity index (χ0n) is 21.4. The van der Waals surface area contributed by atoms with Gasteiger partial charge in [0.2, 0.25) is 0 Å². The lowest BCUT2D eigenvalue weighted by Gasteiger charge is -2.58. The van der Waals surface area contributed by atoms with E-state index >= 15 is 0 Å². The van der Waals surface area contributed by atoms with Crippen molar-refractivity contribution in [2.75, 3.05) is 24.2 Å². The third-order valence-electron chi connectivity index (χ3n) is 7.85. The summed E-state index contributed by atoms with van der Waals surface area (Å²) >= 11 is 0. The van der Waals surface area contributed by atoms with Gasteiger partial charge in [-0.05, 0) is 69.5 Å². The number of hydrogen-bond donors (Lipinski definition) is 1. The van der Waals surface area contributed by atoms with Gasteiger partial charge in [0.05, 0.1) is 22.7 Å². The number of benzene rings is 1. The van der Waals surface area contributed by atoms with Gasteiger partial charge in [-0.2, -0.15) is 15.3 Å². The summed E-state index contributed by atoms with van der Waals surface area (Å²) in [5.74, 6) is 1.66. The number of sulfone groups is 1. The number of fused-ring (bicyclic) bond motifs is 1. The van der Waals surface area contributed by atoms with E-state index in [2.05, 4.69) is 25.3 Å². The molecule has 1 aliphatic heterocycles. The Bertz CT molecular complexity index is 1560. The van der Waals surface area contributed by atoms with Crippen molar-refractivity contribution in [2.45, 2.75) is 45.0 Å². The smallest absolute Gasteiger partial charge is 0.150 e. The average Bonchev–Trinajstić information content (AvgIpc) is 3.20. The molecule has 1 spiro atoms. The Hall–Kier alpha value is -3.53. The van der Waals surface area contributed by atoms with Crippen LogP contribution in [0.2, 0.25) is 0 Å². The van der Waals surface area contributed by atoms with Crippen LogP contribution in [0.15, 0.2) is 42.7 Å². The molecule has 4 heterocycles. The number of nitrogens with zero attached hydrogens (tertiary/aromatic N) is 5. The molecule has 6 rings (SSSR count). The number of pyridine rings is 1. The predicted molar refractivity (Wildman–Crippen MR) is 142 cm³/mol. The van der Waals surface area contributed by atoms with Gasteiger partial charge < -0.3 is 9.64 Å². The van der Waals surface area contributed by atoms with Gasteiger partial charge in [0.15, 0.2) is 0 Å². The number of aromatic nitrogens is 5. The molecule has 1 atom stereocenters. The Morgan fingerprint density at radius 1 is 1.14 bits per heavy atom. The van der Waals surface area contributed by atoms with E-state index in [-0.39, 0.29) is 16.8 Å². The van der Waals surface area contributed by atoms with Crippen molar-refractivity contribution >= 4 is 26.6 Å². The van der Waals surface area contributed by atoms with E-state index in [0.29, 0.717) is 0 Å². The lowest BCUT2D eigenvalue weighted by atomic mass is 9.63. The molecule has 4 aromatic rings. The van der Waals surface area contributed by atoms with Crippen LogP contribution in [0.25, 0.3) is 22.2 Å². The van der Waals surface area contributed by atoms with E-state index < -0.39 is 9.84 Å². The van der Waals surface area contributed by atoms with Crippen molar-refractivity contribution < 1.29 is 13.2 Å². The van der Waals surface area contributed by atoms with Gasteiger partial charge in [-0.3, -0.25) is 5.10 Å². The van der Waals surface area contributed by atoms with Crippen LogP contribution in [0, 0.1) is 19.3 Å². The van der Waals surface area contributed by atoms with Gasteiger partial charge in [-0.15, -0.1) is 0 Å². The molecule has 0 unspecified atom stereocenters. The molecular weight excluding hydrogens is 488 g/mol. The van der Waals surface area contributed by atoms with Crippen LogP contribution in [0.3, 0.4) is 0 Å². The number of H-pyrrole nitrogens is 1. The van der Waals surface area contributed by atoms with E-state index in [1.807, 2.05) is 57.3 Å². The SMILES string of the molecule is Cc1cnnc(C)c1[C@H](C)Oc1ccc2[nH]nc(-c3ccc(N4CC5(CC(S(C)(=O)=O)C5)C4)nc3)c2c1. The summed E-state index contributed by atoms with van der Waals surface area (Å²) < 4.78 is 29.8. The topological polar surface area (TPSA) is 114 Å². The number of ether oxygens (including phenoxy) is 1. The van der Waals surface area contributed by atoms with Crippen LogP contribution >= 0.6 is 0 Å². The van der Waals surface area contributed by atoms with Crippen LogP contribution in [0.4, 0.5) is 5.82 Å². The molecule has 1 aliphatic carbocycles. The van der Waals surface area contributed by atoms with E-state index in [0.717, 1.165) is 76.5 Å². The quantitative estimate of drug-likeness (QED) is 0.404. The number of aryl methyl sites for hydroxylation is 2. The van der Waals surface area contributed by atoms with Gasteiger partial charge in [-0.1, -0.05) is 0 Å². The zero-order valence-corrected chi connectivity index (χ0v) is 22.2. The highest BCUT2D eigenvalue weighted by molar-refractivity contribution is 7.91. The highest BCUT2D eigenvalue weighted by Crippen LogP contribution is 2.51. The van der Waals surface area contributed by atoms with Crippen molar-refractivity contribution in [2.24, 2.45) is 5.41 Å². The monoisotopic (exact) mass is 518 g/mol. The maximum atomic E-state index is 11.8. The van der Waals surface area contributed by atoms with Gasteiger partial charge in [-0.25, -0.2) is 13.4 Å². The molecule has 192 valence electrons. The largest absolute Gasteiger partial charge is 0.486 e. The second-order valence-electron chi connectivity index (χ2n) is 10.7. The van der Waals surface area contributed by atoms with Crippen molar-refractivity contribution in [1.29, 1.82) is 0 Å². The fraction of sp³-hybridized carbons (Fsp3) is 0.407. The van der Waals surface area contributed by atoms with Crippen LogP contribution < -0.4 is 9.64 Å². The summed E-state index contributed by atoms with van der Waals surface area (Å²) in [4.78, 5) is 6.91. The van der Waals surface area contributed by atoms with Crippen LogP contribution in [-0.2, 0) is 9.84 Å². The summed E-state index contributed by atoms with van der Waals surface area (Å²) in [6.45, 7) is 7.71. The summed E-state index contributed by atoms with van der Waals surface area (Å²) in [7, 11) is -2.93. The fourth-order valence-electron chi connectivity index (χ4n) is 5.88. The molecular formula is C27H30N6O3S.